The molecule has 0 aliphatic rings. The molecule has 0 aromatic carbocycles. The summed E-state index contributed by atoms with van der Waals surface area (Å²) < 4.78 is 5.52. The lowest BCUT2D eigenvalue weighted by Crippen LogP contribution is -1.92. The summed E-state index contributed by atoms with van der Waals surface area (Å²) in [5, 5.41) is 9.25. The number of hydrogen-bond donors (Lipinski definition) is 0. The first kappa shape index (κ1) is 11.6. The van der Waals surface area contributed by atoms with E-state index >= 15 is 0 Å². The van der Waals surface area contributed by atoms with E-state index in [2.05, 4.69) is 9.97 Å². The average Bonchev–Trinajstić information content (AvgIpc) is 2.76. The fraction of sp³-hybridized carbons (Fsp3) is 0.250. The van der Waals surface area contributed by atoms with Gasteiger partial charge in [0.15, 0.2) is 0 Å². The summed E-state index contributed by atoms with van der Waals surface area (Å²) in [6.45, 7) is 3.78. The van der Waals surface area contributed by atoms with Crippen LogP contribution in [-0.4, -0.2) is 9.97 Å². The van der Waals surface area contributed by atoms with Crippen molar-refractivity contribution in [3.63, 3.8) is 0 Å². The maximum atomic E-state index is 9.07. The molecule has 0 unspecified atom stereocenters. The van der Waals surface area contributed by atoms with Crippen LogP contribution >= 0.6 is 11.6 Å². The van der Waals surface area contributed by atoms with Gasteiger partial charge in [0.25, 0.3) is 0 Å². The lowest BCUT2D eigenvalue weighted by molar-refractivity contribution is 0.524. The second kappa shape index (κ2) is 4.56. The Morgan fingerprint density at radius 1 is 1.53 bits per heavy atom. The van der Waals surface area contributed by atoms with E-state index < -0.39 is 0 Å². The SMILES string of the molecule is CCc1cnc(-c2cc(C)nc(Cl)c2C#N)o1. The van der Waals surface area contributed by atoms with Gasteiger partial charge in [0.2, 0.25) is 5.89 Å². The van der Waals surface area contributed by atoms with Crippen LogP contribution in [0.3, 0.4) is 0 Å². The van der Waals surface area contributed by atoms with Crippen molar-refractivity contribution in [2.45, 2.75) is 20.3 Å². The molecule has 2 aromatic heterocycles. The van der Waals surface area contributed by atoms with Crippen molar-refractivity contribution in [1.82, 2.24) is 9.97 Å². The fourth-order valence-corrected chi connectivity index (χ4v) is 1.78. The van der Waals surface area contributed by atoms with E-state index in [0.29, 0.717) is 17.0 Å². The Morgan fingerprint density at radius 2 is 2.29 bits per heavy atom. The molecule has 0 aliphatic carbocycles. The Labute approximate surface area is 104 Å². The van der Waals surface area contributed by atoms with Gasteiger partial charge in [-0.05, 0) is 13.0 Å². The van der Waals surface area contributed by atoms with Gasteiger partial charge in [-0.2, -0.15) is 5.26 Å². The number of aromatic nitrogens is 2. The average molecular weight is 248 g/mol. The van der Waals surface area contributed by atoms with Crippen molar-refractivity contribution in [2.75, 3.05) is 0 Å². The quantitative estimate of drug-likeness (QED) is 0.765. The fourth-order valence-electron chi connectivity index (χ4n) is 1.51. The van der Waals surface area contributed by atoms with E-state index in [1.165, 1.54) is 0 Å². The van der Waals surface area contributed by atoms with Gasteiger partial charge in [-0.25, -0.2) is 9.97 Å². The molecule has 86 valence electrons. The summed E-state index contributed by atoms with van der Waals surface area (Å²) in [7, 11) is 0. The van der Waals surface area contributed by atoms with Gasteiger partial charge < -0.3 is 4.42 Å². The zero-order valence-corrected chi connectivity index (χ0v) is 10.2. The molecule has 0 amide bonds. The highest BCUT2D eigenvalue weighted by atomic mass is 35.5. The normalized spacial score (nSPS) is 10.2. The van der Waals surface area contributed by atoms with Gasteiger partial charge in [-0.1, -0.05) is 18.5 Å². The van der Waals surface area contributed by atoms with Crippen molar-refractivity contribution >= 4 is 11.6 Å². The minimum atomic E-state index is 0.179. The predicted molar refractivity (Wildman–Crippen MR) is 63.6 cm³/mol. The van der Waals surface area contributed by atoms with Gasteiger partial charge in [-0.3, -0.25) is 0 Å². The van der Waals surface area contributed by atoms with E-state index in [4.69, 9.17) is 21.3 Å². The number of nitrogens with zero attached hydrogens (tertiary/aromatic N) is 3. The molecule has 0 saturated carbocycles. The Kier molecular flexibility index (Phi) is 3.12. The summed E-state index contributed by atoms with van der Waals surface area (Å²) in [6, 6.07) is 3.77. The van der Waals surface area contributed by atoms with E-state index in [9.17, 15) is 0 Å². The third kappa shape index (κ3) is 2.15. The number of oxazole rings is 1. The Bertz CT molecular complexity index is 598. The topological polar surface area (TPSA) is 62.7 Å². The minimum absolute atomic E-state index is 0.179. The molecule has 0 saturated heterocycles. The van der Waals surface area contributed by atoms with Crippen LogP contribution in [-0.2, 0) is 6.42 Å². The molecule has 0 N–H and O–H groups in total. The van der Waals surface area contributed by atoms with Crippen molar-refractivity contribution < 1.29 is 4.42 Å². The number of rotatable bonds is 2. The molecule has 0 spiro atoms. The lowest BCUT2D eigenvalue weighted by atomic mass is 10.1. The maximum absolute atomic E-state index is 9.07. The van der Waals surface area contributed by atoms with E-state index in [1.54, 1.807) is 19.2 Å². The van der Waals surface area contributed by atoms with Crippen LogP contribution in [0, 0.1) is 18.3 Å². The third-order valence-electron chi connectivity index (χ3n) is 2.35. The number of halogens is 1. The zero-order valence-electron chi connectivity index (χ0n) is 9.49. The molecule has 2 rings (SSSR count). The third-order valence-corrected chi connectivity index (χ3v) is 2.62. The summed E-state index contributed by atoms with van der Waals surface area (Å²) in [4.78, 5) is 8.17. The highest BCUT2D eigenvalue weighted by Gasteiger charge is 2.15. The van der Waals surface area contributed by atoms with Crippen LogP contribution < -0.4 is 0 Å². The molecule has 17 heavy (non-hydrogen) atoms. The van der Waals surface area contributed by atoms with E-state index in [-0.39, 0.29) is 5.15 Å². The first-order valence-electron chi connectivity index (χ1n) is 5.18. The van der Waals surface area contributed by atoms with Crippen LogP contribution in [0.25, 0.3) is 11.5 Å². The summed E-state index contributed by atoms with van der Waals surface area (Å²) in [5.74, 6) is 1.18. The van der Waals surface area contributed by atoms with Gasteiger partial charge in [0, 0.05) is 12.1 Å². The standard InChI is InChI=1S/C12H10ClN3O/c1-3-8-6-15-12(17-8)9-4-7(2)16-11(13)10(9)5-14/h4,6H,3H2,1-2H3. The monoisotopic (exact) mass is 247 g/mol. The Morgan fingerprint density at radius 3 is 2.88 bits per heavy atom. The Balaban J connectivity index is 2.62. The van der Waals surface area contributed by atoms with Crippen LogP contribution in [0.4, 0.5) is 0 Å². The molecule has 5 heteroatoms. The van der Waals surface area contributed by atoms with Gasteiger partial charge >= 0.3 is 0 Å². The summed E-state index contributed by atoms with van der Waals surface area (Å²) in [5.41, 5.74) is 1.60. The minimum Gasteiger partial charge on any atom is -0.441 e. The molecule has 0 radical (unpaired) electrons. The number of nitriles is 1. The first-order chi connectivity index (χ1) is 8.15. The smallest absolute Gasteiger partial charge is 0.227 e. The van der Waals surface area contributed by atoms with Gasteiger partial charge in [0.1, 0.15) is 22.5 Å². The first-order valence-corrected chi connectivity index (χ1v) is 5.55. The molecule has 4 nitrogen and oxygen atoms in total. The van der Waals surface area contributed by atoms with Crippen LogP contribution in [0.1, 0.15) is 23.9 Å². The van der Waals surface area contributed by atoms with Crippen LogP contribution in [0.5, 0.6) is 0 Å². The lowest BCUT2D eigenvalue weighted by Gasteiger charge is -2.02. The highest BCUT2D eigenvalue weighted by Crippen LogP contribution is 2.28. The second-order valence-electron chi connectivity index (χ2n) is 3.57. The Hall–Kier alpha value is -1.86. The highest BCUT2D eigenvalue weighted by molar-refractivity contribution is 6.31. The summed E-state index contributed by atoms with van der Waals surface area (Å²) >= 11 is 5.92. The van der Waals surface area contributed by atoms with Gasteiger partial charge in [-0.15, -0.1) is 0 Å². The number of aryl methyl sites for hydroxylation is 2. The number of pyridine rings is 1. The van der Waals surface area contributed by atoms with E-state index in [0.717, 1.165) is 17.9 Å². The largest absolute Gasteiger partial charge is 0.441 e. The van der Waals surface area contributed by atoms with Crippen molar-refractivity contribution in [2.24, 2.45) is 0 Å². The second-order valence-corrected chi connectivity index (χ2v) is 3.93. The molecule has 2 heterocycles. The van der Waals surface area contributed by atoms with Gasteiger partial charge in [0.05, 0.1) is 11.8 Å². The van der Waals surface area contributed by atoms with Crippen molar-refractivity contribution in [1.29, 1.82) is 5.26 Å². The van der Waals surface area contributed by atoms with Crippen molar-refractivity contribution in [3.8, 4) is 17.5 Å². The van der Waals surface area contributed by atoms with Crippen LogP contribution in [0.2, 0.25) is 5.15 Å². The van der Waals surface area contributed by atoms with E-state index in [1.807, 2.05) is 13.0 Å². The maximum Gasteiger partial charge on any atom is 0.227 e. The van der Waals surface area contributed by atoms with Crippen LogP contribution in [0.15, 0.2) is 16.7 Å². The molecule has 2 aromatic rings. The van der Waals surface area contributed by atoms with Crippen molar-refractivity contribution in [3.05, 3.63) is 34.4 Å². The molecular formula is C12H10ClN3O. The summed E-state index contributed by atoms with van der Waals surface area (Å²) in [6.07, 6.45) is 2.41. The molecule has 0 atom stereocenters. The molecule has 0 aliphatic heterocycles. The molecular weight excluding hydrogens is 238 g/mol. The molecule has 0 fully saturated rings. The molecule has 0 bridgehead atoms. The predicted octanol–water partition coefficient (Wildman–Crippen LogP) is 3.13. The zero-order chi connectivity index (χ0) is 12.4. The number of hydrogen-bond acceptors (Lipinski definition) is 4.